The first-order valence-corrected chi connectivity index (χ1v) is 6.31. The maximum absolute atomic E-state index is 11.3. The quantitative estimate of drug-likeness (QED) is 0.625. The first kappa shape index (κ1) is 15.4. The molecule has 108 valence electrons. The van der Waals surface area contributed by atoms with Crippen LogP contribution in [0.2, 0.25) is 0 Å². The molecule has 0 saturated heterocycles. The van der Waals surface area contributed by atoms with E-state index in [9.17, 15) is 15.2 Å². The van der Waals surface area contributed by atoms with Crippen LogP contribution in [0.1, 0.15) is 32.9 Å². The average molecular weight is 270 g/mol. The van der Waals surface area contributed by atoms with Crippen molar-refractivity contribution in [2.45, 2.75) is 39.2 Å². The van der Waals surface area contributed by atoms with Gasteiger partial charge in [0.05, 0.1) is 17.1 Å². The molecule has 1 aromatic heterocycles. The zero-order chi connectivity index (χ0) is 14.8. The molecule has 0 radical (unpaired) electrons. The van der Waals surface area contributed by atoms with E-state index >= 15 is 0 Å². The highest BCUT2D eigenvalue weighted by Gasteiger charge is 2.34. The maximum atomic E-state index is 11.3. The summed E-state index contributed by atoms with van der Waals surface area (Å²) in [6, 6.07) is 0. The molecule has 0 bridgehead atoms. The second kappa shape index (κ2) is 5.56. The van der Waals surface area contributed by atoms with Crippen LogP contribution >= 0.6 is 0 Å². The minimum absolute atomic E-state index is 0.0355. The van der Waals surface area contributed by atoms with E-state index in [-0.39, 0.29) is 12.3 Å². The van der Waals surface area contributed by atoms with Crippen LogP contribution in [0.25, 0.3) is 0 Å². The Morgan fingerprint density at radius 3 is 2.53 bits per heavy atom. The summed E-state index contributed by atoms with van der Waals surface area (Å²) in [4.78, 5) is 12.6. The van der Waals surface area contributed by atoms with E-state index in [1.807, 2.05) is 20.8 Å². The number of hydrogen-bond acceptors (Lipinski definition) is 5. The third-order valence-electron chi connectivity index (χ3n) is 3.34. The number of likely N-dealkylation sites (N-methyl/N-ethyl adjacent to an activating group) is 1. The van der Waals surface area contributed by atoms with Gasteiger partial charge in [0.15, 0.2) is 0 Å². The van der Waals surface area contributed by atoms with Gasteiger partial charge in [0.1, 0.15) is 5.69 Å². The Balaban J connectivity index is 3.38. The zero-order valence-electron chi connectivity index (χ0n) is 12.2. The Hall–Kier alpha value is -1.63. The normalized spacial score (nSPS) is 11.7. The summed E-state index contributed by atoms with van der Waals surface area (Å²) in [5.74, 6) is 0.424. The summed E-state index contributed by atoms with van der Waals surface area (Å²) in [7, 11) is 3.42. The zero-order valence-corrected chi connectivity index (χ0v) is 12.2. The van der Waals surface area contributed by atoms with E-state index in [2.05, 4.69) is 5.10 Å². The van der Waals surface area contributed by atoms with Crippen LogP contribution in [0.3, 0.4) is 0 Å². The molecule has 7 nitrogen and oxygen atoms in total. The summed E-state index contributed by atoms with van der Waals surface area (Å²) in [6.45, 7) is 5.50. The predicted octanol–water partition coefficient (Wildman–Crippen LogP) is 1.49. The fourth-order valence-electron chi connectivity index (χ4n) is 1.92. The van der Waals surface area contributed by atoms with Crippen LogP contribution in [-0.2, 0) is 13.5 Å². The smallest absolute Gasteiger partial charge is 0.334 e. The SMILES string of the molecule is CCCc1nn(C)c(N(C)C(C)(C)CO)c1[N+](=O)[O-]. The molecule has 0 aliphatic rings. The van der Waals surface area contributed by atoms with Crippen LogP contribution in [-0.4, -0.2) is 39.0 Å². The highest BCUT2D eigenvalue weighted by Crippen LogP contribution is 2.34. The predicted molar refractivity (Wildman–Crippen MR) is 73.4 cm³/mol. The number of rotatable bonds is 6. The lowest BCUT2D eigenvalue weighted by Gasteiger charge is -2.34. The first-order valence-electron chi connectivity index (χ1n) is 6.31. The van der Waals surface area contributed by atoms with Gasteiger partial charge in [-0.2, -0.15) is 5.10 Å². The van der Waals surface area contributed by atoms with Crippen molar-refractivity contribution in [2.24, 2.45) is 7.05 Å². The van der Waals surface area contributed by atoms with Crippen LogP contribution < -0.4 is 4.90 Å². The van der Waals surface area contributed by atoms with Crippen molar-refractivity contribution >= 4 is 11.5 Å². The lowest BCUT2D eigenvalue weighted by Crippen LogP contribution is -2.45. The van der Waals surface area contributed by atoms with E-state index in [4.69, 9.17) is 0 Å². The first-order chi connectivity index (χ1) is 8.76. The molecule has 0 aliphatic carbocycles. The lowest BCUT2D eigenvalue weighted by molar-refractivity contribution is -0.384. The number of aliphatic hydroxyl groups excluding tert-OH is 1. The van der Waals surface area contributed by atoms with E-state index in [0.717, 1.165) is 6.42 Å². The standard InChI is InChI=1S/C12H22N4O3/c1-6-7-9-10(16(18)19)11(15(5)13-9)14(4)12(2,3)8-17/h17H,6-8H2,1-5H3. The van der Waals surface area contributed by atoms with E-state index in [0.29, 0.717) is 17.9 Å². The van der Waals surface area contributed by atoms with Gasteiger partial charge in [-0.25, -0.2) is 4.68 Å². The largest absolute Gasteiger partial charge is 0.394 e. The Morgan fingerprint density at radius 2 is 2.11 bits per heavy atom. The average Bonchev–Trinajstić information content (AvgIpc) is 2.65. The van der Waals surface area contributed by atoms with Crippen molar-refractivity contribution in [1.29, 1.82) is 0 Å². The monoisotopic (exact) mass is 270 g/mol. The van der Waals surface area contributed by atoms with Gasteiger partial charge in [-0.05, 0) is 20.3 Å². The molecule has 0 spiro atoms. The van der Waals surface area contributed by atoms with Crippen LogP contribution in [0.4, 0.5) is 11.5 Å². The highest BCUT2D eigenvalue weighted by molar-refractivity contribution is 5.62. The summed E-state index contributed by atoms with van der Waals surface area (Å²) in [5.41, 5.74) is -0.0684. The highest BCUT2D eigenvalue weighted by atomic mass is 16.6. The summed E-state index contributed by atoms with van der Waals surface area (Å²) in [5, 5.41) is 25.0. The molecule has 0 aliphatic heterocycles. The van der Waals surface area contributed by atoms with Gasteiger partial charge in [-0.15, -0.1) is 0 Å². The molecule has 1 heterocycles. The molecule has 0 amide bonds. The second-order valence-corrected chi connectivity index (χ2v) is 5.28. The topological polar surface area (TPSA) is 84.4 Å². The van der Waals surface area contributed by atoms with Crippen LogP contribution in [0.5, 0.6) is 0 Å². The molecular weight excluding hydrogens is 248 g/mol. The molecule has 0 atom stereocenters. The number of hydrogen-bond donors (Lipinski definition) is 1. The third kappa shape index (κ3) is 2.86. The van der Waals surface area contributed by atoms with Crippen molar-refractivity contribution in [3.63, 3.8) is 0 Å². The Bertz CT molecular complexity index is 468. The van der Waals surface area contributed by atoms with Crippen molar-refractivity contribution < 1.29 is 10.0 Å². The lowest BCUT2D eigenvalue weighted by atomic mass is 10.0. The van der Waals surface area contributed by atoms with Crippen molar-refractivity contribution in [3.8, 4) is 0 Å². The second-order valence-electron chi connectivity index (χ2n) is 5.28. The van der Waals surface area contributed by atoms with Gasteiger partial charge in [-0.3, -0.25) is 10.1 Å². The fraction of sp³-hybridized carbons (Fsp3) is 0.750. The molecule has 0 fully saturated rings. The van der Waals surface area contributed by atoms with Crippen molar-refractivity contribution in [3.05, 3.63) is 15.8 Å². The molecule has 0 unspecified atom stereocenters. The maximum Gasteiger partial charge on any atom is 0.334 e. The van der Waals surface area contributed by atoms with Crippen LogP contribution in [0.15, 0.2) is 0 Å². The summed E-state index contributed by atoms with van der Waals surface area (Å²) < 4.78 is 1.51. The molecular formula is C12H22N4O3. The Morgan fingerprint density at radius 1 is 1.53 bits per heavy atom. The van der Waals surface area contributed by atoms with Crippen molar-refractivity contribution in [1.82, 2.24) is 9.78 Å². The third-order valence-corrected chi connectivity index (χ3v) is 3.34. The fourth-order valence-corrected chi connectivity index (χ4v) is 1.92. The van der Waals surface area contributed by atoms with Crippen molar-refractivity contribution in [2.75, 3.05) is 18.6 Å². The Kier molecular flexibility index (Phi) is 4.52. The molecule has 0 aromatic carbocycles. The molecule has 0 saturated carbocycles. The van der Waals surface area contributed by atoms with Gasteiger partial charge < -0.3 is 10.0 Å². The van der Waals surface area contributed by atoms with E-state index in [1.165, 1.54) is 4.68 Å². The van der Waals surface area contributed by atoms with Gasteiger partial charge in [0, 0.05) is 14.1 Å². The number of anilines is 1. The number of nitrogens with zero attached hydrogens (tertiary/aromatic N) is 4. The molecule has 1 aromatic rings. The minimum Gasteiger partial charge on any atom is -0.394 e. The molecule has 1 rings (SSSR count). The number of aryl methyl sites for hydroxylation is 2. The van der Waals surface area contributed by atoms with Gasteiger partial charge in [0.2, 0.25) is 5.82 Å². The molecule has 19 heavy (non-hydrogen) atoms. The minimum atomic E-state index is -0.595. The van der Waals surface area contributed by atoms with Gasteiger partial charge in [-0.1, -0.05) is 13.3 Å². The van der Waals surface area contributed by atoms with Gasteiger partial charge >= 0.3 is 5.69 Å². The van der Waals surface area contributed by atoms with Gasteiger partial charge in [0.25, 0.3) is 0 Å². The number of aliphatic hydroxyl groups is 1. The number of aromatic nitrogens is 2. The van der Waals surface area contributed by atoms with E-state index in [1.54, 1.807) is 19.0 Å². The van der Waals surface area contributed by atoms with Crippen LogP contribution in [0, 0.1) is 10.1 Å². The summed E-state index contributed by atoms with van der Waals surface area (Å²) in [6.07, 6.45) is 1.36. The van der Waals surface area contributed by atoms with E-state index < -0.39 is 10.5 Å². The Labute approximate surface area is 113 Å². The number of nitro groups is 1. The summed E-state index contributed by atoms with van der Waals surface area (Å²) >= 11 is 0. The molecule has 7 heteroatoms. The molecule has 1 N–H and O–H groups in total.